The van der Waals surface area contributed by atoms with Crippen molar-refractivity contribution < 1.29 is 9.21 Å². The van der Waals surface area contributed by atoms with Crippen LogP contribution in [-0.2, 0) is 0 Å². The van der Waals surface area contributed by atoms with Gasteiger partial charge in [0, 0.05) is 12.6 Å². The maximum atomic E-state index is 13.7. The molecule has 162 valence electrons. The molecule has 6 nitrogen and oxygen atoms in total. The Morgan fingerprint density at radius 2 is 1.94 bits per heavy atom. The minimum absolute atomic E-state index is 0.0180. The fourth-order valence-corrected chi connectivity index (χ4v) is 5.99. The van der Waals surface area contributed by atoms with Crippen LogP contribution >= 0.6 is 11.3 Å². The standard InChI is InChI=1S/C25H24N4O2S/c1-14(26-25-28-19-10-6-7-11-20(19)31-25)22-18-12-17(18)13-29(22)24(30)21-23(32-15(2)27-21)16-8-4-3-5-9-16/h3-11,14,17-18,22H,12-13H2,1-2H3,(H,26,28)/t14-,17+,18+,22+/m0/s1. The molecule has 3 heterocycles. The topological polar surface area (TPSA) is 71.3 Å². The Morgan fingerprint density at radius 3 is 2.75 bits per heavy atom. The molecule has 2 aliphatic rings. The molecule has 0 unspecified atom stereocenters. The molecule has 2 fully saturated rings. The minimum atomic E-state index is 0.0180. The fourth-order valence-electron chi connectivity index (χ4n) is 5.07. The summed E-state index contributed by atoms with van der Waals surface area (Å²) >= 11 is 1.58. The molecule has 32 heavy (non-hydrogen) atoms. The quantitative estimate of drug-likeness (QED) is 0.457. The van der Waals surface area contributed by atoms with Crippen LogP contribution in [0, 0.1) is 18.8 Å². The van der Waals surface area contributed by atoms with E-state index in [0.29, 0.717) is 23.5 Å². The van der Waals surface area contributed by atoms with E-state index < -0.39 is 0 Å². The van der Waals surface area contributed by atoms with E-state index in [0.717, 1.165) is 33.1 Å². The molecule has 1 N–H and O–H groups in total. The van der Waals surface area contributed by atoms with Crippen LogP contribution in [0.1, 0.15) is 28.8 Å². The van der Waals surface area contributed by atoms with Crippen LogP contribution in [0.4, 0.5) is 6.01 Å². The molecular formula is C25H24N4O2S. The van der Waals surface area contributed by atoms with E-state index in [2.05, 4.69) is 22.2 Å². The first kappa shape index (κ1) is 19.5. The Balaban J connectivity index is 1.28. The van der Waals surface area contributed by atoms with Crippen LogP contribution in [0.25, 0.3) is 21.5 Å². The number of anilines is 1. The second-order valence-electron chi connectivity index (χ2n) is 8.80. The third kappa shape index (κ3) is 3.28. The van der Waals surface area contributed by atoms with Crippen LogP contribution in [0.5, 0.6) is 0 Å². The van der Waals surface area contributed by atoms with E-state index in [1.165, 1.54) is 6.42 Å². The zero-order valence-electron chi connectivity index (χ0n) is 18.0. The molecular weight excluding hydrogens is 420 g/mol. The van der Waals surface area contributed by atoms with Crippen molar-refractivity contribution >= 4 is 34.4 Å². The van der Waals surface area contributed by atoms with Gasteiger partial charge < -0.3 is 14.6 Å². The van der Waals surface area contributed by atoms with Crippen LogP contribution < -0.4 is 5.32 Å². The van der Waals surface area contributed by atoms with Crippen molar-refractivity contribution in [3.05, 3.63) is 65.3 Å². The number of thiazole rings is 1. The van der Waals surface area contributed by atoms with Crippen LogP contribution in [0.3, 0.4) is 0 Å². The average Bonchev–Trinajstić information content (AvgIpc) is 3.14. The van der Waals surface area contributed by atoms with E-state index in [9.17, 15) is 4.79 Å². The molecule has 0 spiro atoms. The lowest BCUT2D eigenvalue weighted by atomic mass is 10.0. The zero-order chi connectivity index (χ0) is 21.8. The Kier molecular flexibility index (Phi) is 4.54. The van der Waals surface area contributed by atoms with Gasteiger partial charge in [-0.25, -0.2) is 4.98 Å². The van der Waals surface area contributed by atoms with Crippen molar-refractivity contribution in [3.63, 3.8) is 0 Å². The van der Waals surface area contributed by atoms with Crippen molar-refractivity contribution in [1.29, 1.82) is 0 Å². The van der Waals surface area contributed by atoms with Gasteiger partial charge in [-0.3, -0.25) is 4.79 Å². The number of fused-ring (bicyclic) bond motifs is 2. The second-order valence-corrected chi connectivity index (χ2v) is 10.0. The maximum absolute atomic E-state index is 13.7. The molecule has 7 heteroatoms. The summed E-state index contributed by atoms with van der Waals surface area (Å²) in [7, 11) is 0. The molecule has 1 saturated carbocycles. The van der Waals surface area contributed by atoms with E-state index in [1.807, 2.05) is 66.4 Å². The number of hydrogen-bond donors (Lipinski definition) is 1. The van der Waals surface area contributed by atoms with Gasteiger partial charge >= 0.3 is 0 Å². The number of nitrogens with zero attached hydrogens (tertiary/aromatic N) is 3. The predicted molar refractivity (Wildman–Crippen MR) is 126 cm³/mol. The predicted octanol–water partition coefficient (Wildman–Crippen LogP) is 5.22. The molecule has 1 saturated heterocycles. The molecule has 1 aliphatic carbocycles. The molecule has 4 atom stereocenters. The molecule has 2 aromatic carbocycles. The van der Waals surface area contributed by atoms with E-state index in [-0.39, 0.29) is 18.0 Å². The molecule has 6 rings (SSSR count). The number of likely N-dealkylation sites (tertiary alicyclic amines) is 1. The Hall–Kier alpha value is -3.19. The maximum Gasteiger partial charge on any atom is 0.295 e. The van der Waals surface area contributed by atoms with Gasteiger partial charge in [-0.2, -0.15) is 4.98 Å². The Bertz CT molecular complexity index is 1260. The second kappa shape index (κ2) is 7.45. The number of hydrogen-bond acceptors (Lipinski definition) is 6. The largest absolute Gasteiger partial charge is 0.424 e. The lowest BCUT2D eigenvalue weighted by molar-refractivity contribution is 0.0688. The van der Waals surface area contributed by atoms with Gasteiger partial charge in [0.1, 0.15) is 11.2 Å². The number of benzene rings is 2. The van der Waals surface area contributed by atoms with Gasteiger partial charge in [0.15, 0.2) is 5.58 Å². The number of para-hydroxylation sites is 2. The first-order chi connectivity index (χ1) is 15.6. The van der Waals surface area contributed by atoms with Crippen LogP contribution in [0.2, 0.25) is 0 Å². The fraction of sp³-hybridized carbons (Fsp3) is 0.320. The third-order valence-electron chi connectivity index (χ3n) is 6.60. The molecule has 4 aromatic rings. The number of carbonyl (C=O) groups is 1. The molecule has 1 aliphatic heterocycles. The number of rotatable bonds is 5. The first-order valence-corrected chi connectivity index (χ1v) is 11.9. The summed E-state index contributed by atoms with van der Waals surface area (Å²) in [4.78, 5) is 25.9. The molecule has 0 radical (unpaired) electrons. The van der Waals surface area contributed by atoms with E-state index >= 15 is 0 Å². The normalized spacial score (nSPS) is 22.7. The van der Waals surface area contributed by atoms with Gasteiger partial charge in [0.25, 0.3) is 11.9 Å². The van der Waals surface area contributed by atoms with Crippen LogP contribution in [-0.4, -0.2) is 39.4 Å². The van der Waals surface area contributed by atoms with Crippen molar-refractivity contribution in [2.45, 2.75) is 32.4 Å². The van der Waals surface area contributed by atoms with Crippen molar-refractivity contribution in [3.8, 4) is 10.4 Å². The summed E-state index contributed by atoms with van der Waals surface area (Å²) in [5.41, 5.74) is 3.20. The summed E-state index contributed by atoms with van der Waals surface area (Å²) < 4.78 is 5.87. The third-order valence-corrected chi connectivity index (χ3v) is 7.62. The highest BCUT2D eigenvalue weighted by Gasteiger charge is 2.56. The highest BCUT2D eigenvalue weighted by atomic mass is 32.1. The van der Waals surface area contributed by atoms with Gasteiger partial charge in [0.05, 0.1) is 15.9 Å². The minimum Gasteiger partial charge on any atom is -0.424 e. The SMILES string of the molecule is Cc1nc(C(=O)N2C[C@H]3C[C@H]3[C@H]2[C@H](C)Nc2nc3ccccc3o2)c(-c2ccccc2)s1. The average molecular weight is 445 g/mol. The van der Waals surface area contributed by atoms with Gasteiger partial charge in [-0.05, 0) is 49.8 Å². The summed E-state index contributed by atoms with van der Waals surface area (Å²) in [6.07, 6.45) is 1.18. The smallest absolute Gasteiger partial charge is 0.295 e. The van der Waals surface area contributed by atoms with E-state index in [1.54, 1.807) is 11.3 Å². The highest BCUT2D eigenvalue weighted by Crippen LogP contribution is 2.51. The summed E-state index contributed by atoms with van der Waals surface area (Å²) in [5.74, 6) is 1.12. The van der Waals surface area contributed by atoms with Gasteiger partial charge in [-0.15, -0.1) is 11.3 Å². The van der Waals surface area contributed by atoms with Crippen molar-refractivity contribution in [2.75, 3.05) is 11.9 Å². The first-order valence-electron chi connectivity index (χ1n) is 11.0. The number of aryl methyl sites for hydroxylation is 1. The number of piperidine rings is 1. The van der Waals surface area contributed by atoms with Gasteiger partial charge in [-0.1, -0.05) is 42.5 Å². The van der Waals surface area contributed by atoms with Crippen LogP contribution in [0.15, 0.2) is 59.0 Å². The number of oxazole rings is 1. The Morgan fingerprint density at radius 1 is 1.16 bits per heavy atom. The number of amides is 1. The molecule has 2 aromatic heterocycles. The lowest BCUT2D eigenvalue weighted by Crippen LogP contribution is -2.47. The highest BCUT2D eigenvalue weighted by molar-refractivity contribution is 7.15. The summed E-state index contributed by atoms with van der Waals surface area (Å²) in [5, 5.41) is 4.34. The summed E-state index contributed by atoms with van der Waals surface area (Å²) in [6.45, 7) is 4.87. The number of carbonyl (C=O) groups excluding carboxylic acids is 1. The monoisotopic (exact) mass is 444 g/mol. The number of aromatic nitrogens is 2. The summed E-state index contributed by atoms with van der Waals surface area (Å²) in [6, 6.07) is 18.4. The van der Waals surface area contributed by atoms with E-state index in [4.69, 9.17) is 4.42 Å². The molecule has 1 amide bonds. The lowest BCUT2D eigenvalue weighted by Gasteiger charge is -2.32. The van der Waals surface area contributed by atoms with Gasteiger partial charge in [0.2, 0.25) is 0 Å². The molecule has 0 bridgehead atoms. The van der Waals surface area contributed by atoms with Crippen molar-refractivity contribution in [2.24, 2.45) is 11.8 Å². The zero-order valence-corrected chi connectivity index (χ0v) is 18.8. The Labute approximate surface area is 190 Å². The number of nitrogens with one attached hydrogen (secondary N) is 1. The van der Waals surface area contributed by atoms with Crippen molar-refractivity contribution in [1.82, 2.24) is 14.9 Å².